The zero-order chi connectivity index (χ0) is 25.0. The van der Waals surface area contributed by atoms with E-state index in [4.69, 9.17) is 4.74 Å². The van der Waals surface area contributed by atoms with E-state index in [2.05, 4.69) is 15.0 Å². The van der Waals surface area contributed by atoms with Crippen LogP contribution in [0.3, 0.4) is 0 Å². The van der Waals surface area contributed by atoms with Gasteiger partial charge in [0.25, 0.3) is 15.7 Å². The van der Waals surface area contributed by atoms with E-state index in [9.17, 15) is 18.5 Å². The van der Waals surface area contributed by atoms with Gasteiger partial charge in [-0.25, -0.2) is 9.51 Å². The normalized spacial score (nSPS) is 11.5. The zero-order valence-corrected chi connectivity index (χ0v) is 19.6. The van der Waals surface area contributed by atoms with E-state index >= 15 is 0 Å². The van der Waals surface area contributed by atoms with E-state index in [1.165, 1.54) is 25.3 Å². The molecule has 0 fully saturated rings. The Hall–Kier alpha value is -4.51. The summed E-state index contributed by atoms with van der Waals surface area (Å²) in [5.41, 5.74) is 2.79. The first kappa shape index (κ1) is 23.6. The summed E-state index contributed by atoms with van der Waals surface area (Å²) in [6.07, 6.45) is 3.07. The average Bonchev–Trinajstić information content (AvgIpc) is 3.28. The number of para-hydroxylation sites is 1. The van der Waals surface area contributed by atoms with E-state index in [-0.39, 0.29) is 10.6 Å². The number of hydrogen-bond donors (Lipinski definition) is 1. The smallest absolute Gasteiger partial charge is 0.276 e. The van der Waals surface area contributed by atoms with Gasteiger partial charge in [-0.15, -0.1) is 0 Å². The highest BCUT2D eigenvalue weighted by Crippen LogP contribution is 2.25. The molecule has 1 aromatic heterocycles. The van der Waals surface area contributed by atoms with E-state index in [0.29, 0.717) is 22.6 Å². The van der Waals surface area contributed by atoms with E-state index in [0.717, 1.165) is 17.3 Å². The van der Waals surface area contributed by atoms with Crippen LogP contribution in [0.25, 0.3) is 16.9 Å². The Balaban J connectivity index is 1.67. The van der Waals surface area contributed by atoms with Crippen LogP contribution < -0.4 is 9.57 Å². The Morgan fingerprint density at radius 3 is 2.46 bits per heavy atom. The third-order valence-electron chi connectivity index (χ3n) is 5.19. The number of hydrogen-bond acceptors (Lipinski definition) is 7. The largest absolute Gasteiger partial charge is 0.497 e. The fourth-order valence-electron chi connectivity index (χ4n) is 3.34. The van der Waals surface area contributed by atoms with Crippen LogP contribution >= 0.6 is 0 Å². The summed E-state index contributed by atoms with van der Waals surface area (Å²) >= 11 is 0. The molecule has 0 aliphatic heterocycles. The van der Waals surface area contributed by atoms with Gasteiger partial charge in [0.05, 0.1) is 28.8 Å². The number of nitro benzene ring substituents is 1. The van der Waals surface area contributed by atoms with Crippen LogP contribution in [0.2, 0.25) is 0 Å². The summed E-state index contributed by atoms with van der Waals surface area (Å²) in [4.78, 5) is 12.4. The van der Waals surface area contributed by atoms with Crippen molar-refractivity contribution in [2.24, 2.45) is 5.10 Å². The first-order valence-corrected chi connectivity index (χ1v) is 11.9. The number of hydrazone groups is 1. The molecule has 4 aromatic rings. The molecule has 35 heavy (non-hydrogen) atoms. The Bertz CT molecular complexity index is 1500. The van der Waals surface area contributed by atoms with Crippen molar-refractivity contribution in [3.05, 3.63) is 100 Å². The molecule has 178 valence electrons. The number of aromatic nitrogens is 2. The fourth-order valence-corrected chi connectivity index (χ4v) is 4.15. The Labute approximate surface area is 201 Å². The minimum atomic E-state index is -4.13. The van der Waals surface area contributed by atoms with Crippen LogP contribution in [-0.4, -0.2) is 36.4 Å². The molecule has 0 atom stereocenters. The van der Waals surface area contributed by atoms with Gasteiger partial charge >= 0.3 is 0 Å². The molecule has 0 aliphatic rings. The van der Waals surface area contributed by atoms with Crippen molar-refractivity contribution in [3.63, 3.8) is 0 Å². The summed E-state index contributed by atoms with van der Waals surface area (Å²) in [5.74, 6) is 0.686. The second kappa shape index (κ2) is 9.77. The molecular formula is C24H21N5O5S. The van der Waals surface area contributed by atoms with E-state index in [1.807, 2.05) is 42.5 Å². The van der Waals surface area contributed by atoms with Gasteiger partial charge in [0.1, 0.15) is 11.4 Å². The highest BCUT2D eigenvalue weighted by Gasteiger charge is 2.19. The van der Waals surface area contributed by atoms with Crippen LogP contribution in [0.5, 0.6) is 5.75 Å². The predicted molar refractivity (Wildman–Crippen MR) is 131 cm³/mol. The van der Waals surface area contributed by atoms with Gasteiger partial charge in [-0.1, -0.05) is 24.3 Å². The fraction of sp³-hybridized carbons (Fsp3) is 0.0833. The molecule has 11 heteroatoms. The van der Waals surface area contributed by atoms with Gasteiger partial charge in [-0.3, -0.25) is 10.1 Å². The zero-order valence-electron chi connectivity index (χ0n) is 18.8. The quantitative estimate of drug-likeness (QED) is 0.225. The Morgan fingerprint density at radius 2 is 1.80 bits per heavy atom. The maximum Gasteiger partial charge on any atom is 0.276 e. The molecule has 3 aromatic carbocycles. The molecule has 0 spiro atoms. The molecule has 1 heterocycles. The third kappa shape index (κ3) is 5.20. The molecule has 1 N–H and O–H groups in total. The van der Waals surface area contributed by atoms with Crippen molar-refractivity contribution in [2.45, 2.75) is 11.8 Å². The SMILES string of the molecule is COc1ccc(-c2nn(-c3ccccc3)cc2C=NNS(=O)(=O)c2ccc(C)c([N+](=O)[O-])c2)cc1. The number of methoxy groups -OCH3 is 1. The Kier molecular flexibility index (Phi) is 6.60. The van der Waals surface area contributed by atoms with Crippen molar-refractivity contribution in [2.75, 3.05) is 7.11 Å². The van der Waals surface area contributed by atoms with Gasteiger partial charge in [-0.05, 0) is 49.4 Å². The lowest BCUT2D eigenvalue weighted by Gasteiger charge is -2.05. The molecule has 0 amide bonds. The number of nitro groups is 1. The maximum absolute atomic E-state index is 12.7. The lowest BCUT2D eigenvalue weighted by Crippen LogP contribution is -2.18. The average molecular weight is 492 g/mol. The summed E-state index contributed by atoms with van der Waals surface area (Å²) in [7, 11) is -2.56. The van der Waals surface area contributed by atoms with Crippen molar-refractivity contribution in [1.29, 1.82) is 0 Å². The summed E-state index contributed by atoms with van der Waals surface area (Å²) < 4.78 is 32.2. The highest BCUT2D eigenvalue weighted by molar-refractivity contribution is 7.89. The van der Waals surface area contributed by atoms with Crippen LogP contribution in [0.4, 0.5) is 5.69 Å². The van der Waals surface area contributed by atoms with E-state index in [1.54, 1.807) is 30.1 Å². The molecule has 0 radical (unpaired) electrons. The minimum absolute atomic E-state index is 0.262. The molecule has 0 bridgehead atoms. The monoisotopic (exact) mass is 491 g/mol. The first-order valence-electron chi connectivity index (χ1n) is 10.4. The molecule has 0 aliphatic carbocycles. The van der Waals surface area contributed by atoms with Crippen molar-refractivity contribution >= 4 is 21.9 Å². The van der Waals surface area contributed by atoms with Crippen LogP contribution in [-0.2, 0) is 10.0 Å². The number of nitrogens with zero attached hydrogens (tertiary/aromatic N) is 4. The van der Waals surface area contributed by atoms with Gasteiger partial charge < -0.3 is 4.74 Å². The number of benzene rings is 3. The number of aryl methyl sites for hydroxylation is 1. The van der Waals surface area contributed by atoms with Gasteiger partial charge in [0.2, 0.25) is 0 Å². The molecule has 0 unspecified atom stereocenters. The molecule has 4 rings (SSSR count). The van der Waals surface area contributed by atoms with E-state index < -0.39 is 14.9 Å². The molecular weight excluding hydrogens is 470 g/mol. The van der Waals surface area contributed by atoms with Crippen LogP contribution in [0, 0.1) is 17.0 Å². The van der Waals surface area contributed by atoms with Gasteiger partial charge in [-0.2, -0.15) is 18.6 Å². The summed E-state index contributed by atoms with van der Waals surface area (Å²) in [6, 6.07) is 20.4. The third-order valence-corrected chi connectivity index (χ3v) is 6.41. The maximum atomic E-state index is 12.7. The number of sulfonamides is 1. The standard InChI is InChI=1S/C24H21N5O5S/c1-17-8-13-22(14-23(17)29(30)31)35(32,33)27-25-15-19-16-28(20-6-4-3-5-7-20)26-24(19)18-9-11-21(34-2)12-10-18/h3-16,27H,1-2H3. The molecule has 0 saturated heterocycles. The lowest BCUT2D eigenvalue weighted by atomic mass is 10.1. The summed E-state index contributed by atoms with van der Waals surface area (Å²) in [5, 5.41) is 19.7. The number of ether oxygens (including phenoxy) is 1. The first-order chi connectivity index (χ1) is 16.8. The van der Waals surface area contributed by atoms with Crippen molar-refractivity contribution in [1.82, 2.24) is 14.6 Å². The Morgan fingerprint density at radius 1 is 1.09 bits per heavy atom. The molecule has 10 nitrogen and oxygen atoms in total. The minimum Gasteiger partial charge on any atom is -0.497 e. The predicted octanol–water partition coefficient (Wildman–Crippen LogP) is 4.08. The lowest BCUT2D eigenvalue weighted by molar-refractivity contribution is -0.385. The van der Waals surface area contributed by atoms with Crippen molar-refractivity contribution in [3.8, 4) is 22.7 Å². The highest BCUT2D eigenvalue weighted by atomic mass is 32.2. The second-order valence-corrected chi connectivity index (χ2v) is 9.16. The van der Waals surface area contributed by atoms with Crippen LogP contribution in [0.1, 0.15) is 11.1 Å². The number of rotatable bonds is 8. The van der Waals surface area contributed by atoms with Crippen LogP contribution in [0.15, 0.2) is 89.0 Å². The number of nitrogens with one attached hydrogen (secondary N) is 1. The van der Waals surface area contributed by atoms with Crippen molar-refractivity contribution < 1.29 is 18.1 Å². The summed E-state index contributed by atoms with van der Waals surface area (Å²) in [6.45, 7) is 1.53. The topological polar surface area (TPSA) is 129 Å². The van der Waals surface area contributed by atoms with Gasteiger partial charge in [0.15, 0.2) is 0 Å². The molecule has 0 saturated carbocycles. The second-order valence-electron chi connectivity index (χ2n) is 7.50. The van der Waals surface area contributed by atoms with Gasteiger partial charge in [0, 0.05) is 29.0 Å².